The summed E-state index contributed by atoms with van der Waals surface area (Å²) in [5.41, 5.74) is 7.44. The first-order valence-corrected chi connectivity index (χ1v) is 9.88. The van der Waals surface area contributed by atoms with Gasteiger partial charge in [-0.3, -0.25) is 0 Å². The Bertz CT molecular complexity index is 582. The number of para-hydroxylation sites is 1. The van der Waals surface area contributed by atoms with E-state index in [0.29, 0.717) is 6.54 Å². The first-order chi connectivity index (χ1) is 13.2. The van der Waals surface area contributed by atoms with E-state index in [9.17, 15) is 0 Å². The lowest BCUT2D eigenvalue weighted by atomic mass is 10.1. The van der Waals surface area contributed by atoms with Gasteiger partial charge in [-0.05, 0) is 63.9 Å². The summed E-state index contributed by atoms with van der Waals surface area (Å²) in [6, 6.07) is 18.6. The second-order valence-electron chi connectivity index (χ2n) is 6.63. The molecule has 4 nitrogen and oxygen atoms in total. The van der Waals surface area contributed by atoms with E-state index >= 15 is 0 Å². The molecule has 1 fully saturated rings. The number of nitrogens with two attached hydrogens (primary N) is 1. The first-order valence-electron chi connectivity index (χ1n) is 9.88. The average molecular weight is 373 g/mol. The van der Waals surface area contributed by atoms with Gasteiger partial charge in [-0.25, -0.2) is 0 Å². The van der Waals surface area contributed by atoms with Crippen LogP contribution in [0.25, 0.3) is 0 Å². The van der Waals surface area contributed by atoms with Gasteiger partial charge in [-0.15, -0.1) is 0 Å². The van der Waals surface area contributed by atoms with Crippen LogP contribution in [-0.2, 0) is 6.42 Å². The van der Waals surface area contributed by atoms with Gasteiger partial charge in [0.2, 0.25) is 0 Å². The van der Waals surface area contributed by atoms with Crippen molar-refractivity contribution >= 4 is 0 Å². The van der Waals surface area contributed by atoms with Gasteiger partial charge in [0.25, 0.3) is 0 Å². The van der Waals surface area contributed by atoms with Crippen molar-refractivity contribution in [2.24, 2.45) is 5.73 Å². The molecule has 0 spiro atoms. The second kappa shape index (κ2) is 15.2. The normalized spacial score (nSPS) is 13.2. The quantitative estimate of drug-likeness (QED) is 0.812. The van der Waals surface area contributed by atoms with Crippen LogP contribution in [0.3, 0.4) is 0 Å². The SMILES string of the molecule is COc1ccccc1CCCN1CCCC1.Cc1ccccc1.NCCO. The second-order valence-corrected chi connectivity index (χ2v) is 6.63. The van der Waals surface area contributed by atoms with Crippen molar-refractivity contribution in [1.82, 2.24) is 4.90 Å². The van der Waals surface area contributed by atoms with Gasteiger partial charge in [0.1, 0.15) is 5.75 Å². The van der Waals surface area contributed by atoms with Gasteiger partial charge < -0.3 is 20.5 Å². The van der Waals surface area contributed by atoms with Gasteiger partial charge in [0, 0.05) is 6.54 Å². The van der Waals surface area contributed by atoms with E-state index in [4.69, 9.17) is 15.6 Å². The van der Waals surface area contributed by atoms with Gasteiger partial charge in [-0.1, -0.05) is 54.1 Å². The highest BCUT2D eigenvalue weighted by Gasteiger charge is 2.10. The zero-order valence-electron chi connectivity index (χ0n) is 16.9. The maximum atomic E-state index is 7.75. The Kier molecular flexibility index (Phi) is 13.0. The summed E-state index contributed by atoms with van der Waals surface area (Å²) < 4.78 is 5.35. The minimum absolute atomic E-state index is 0.0972. The van der Waals surface area contributed by atoms with Crippen LogP contribution < -0.4 is 10.5 Å². The minimum atomic E-state index is 0.0972. The molecular formula is C23H36N2O2. The third-order valence-corrected chi connectivity index (χ3v) is 4.38. The van der Waals surface area contributed by atoms with Crippen LogP contribution in [0.15, 0.2) is 54.6 Å². The molecule has 2 aromatic carbocycles. The predicted octanol–water partition coefficient (Wildman–Crippen LogP) is 3.66. The van der Waals surface area contributed by atoms with E-state index in [1.54, 1.807) is 7.11 Å². The van der Waals surface area contributed by atoms with Gasteiger partial charge in [0.15, 0.2) is 0 Å². The number of aryl methyl sites for hydroxylation is 2. The molecule has 1 saturated heterocycles. The largest absolute Gasteiger partial charge is 0.496 e. The van der Waals surface area contributed by atoms with Crippen molar-refractivity contribution in [3.8, 4) is 5.75 Å². The first kappa shape index (κ1) is 23.2. The van der Waals surface area contributed by atoms with E-state index < -0.39 is 0 Å². The van der Waals surface area contributed by atoms with Gasteiger partial charge >= 0.3 is 0 Å². The fraction of sp³-hybridized carbons (Fsp3) is 0.478. The van der Waals surface area contributed by atoms with Gasteiger partial charge in [-0.2, -0.15) is 0 Å². The molecule has 3 N–H and O–H groups in total. The van der Waals surface area contributed by atoms with Gasteiger partial charge in [0.05, 0.1) is 13.7 Å². The maximum absolute atomic E-state index is 7.75. The van der Waals surface area contributed by atoms with Crippen LogP contribution in [0.1, 0.15) is 30.4 Å². The van der Waals surface area contributed by atoms with Crippen molar-refractivity contribution < 1.29 is 9.84 Å². The highest BCUT2D eigenvalue weighted by molar-refractivity contribution is 5.33. The topological polar surface area (TPSA) is 58.7 Å². The van der Waals surface area contributed by atoms with Crippen molar-refractivity contribution in [2.75, 3.05) is 39.9 Å². The van der Waals surface area contributed by atoms with Crippen LogP contribution in [-0.4, -0.2) is 49.9 Å². The molecule has 1 heterocycles. The lowest BCUT2D eigenvalue weighted by Crippen LogP contribution is -2.20. The molecule has 1 aliphatic rings. The zero-order valence-corrected chi connectivity index (χ0v) is 16.9. The molecule has 27 heavy (non-hydrogen) atoms. The van der Waals surface area contributed by atoms with E-state index in [-0.39, 0.29) is 6.61 Å². The highest BCUT2D eigenvalue weighted by Crippen LogP contribution is 2.19. The Hall–Kier alpha value is -1.88. The third-order valence-electron chi connectivity index (χ3n) is 4.38. The summed E-state index contributed by atoms with van der Waals surface area (Å²) in [6.07, 6.45) is 5.13. The Labute approximate surface area is 165 Å². The number of ether oxygens (including phenoxy) is 1. The lowest BCUT2D eigenvalue weighted by Gasteiger charge is -2.14. The van der Waals surface area contributed by atoms with E-state index in [1.807, 2.05) is 30.3 Å². The monoisotopic (exact) mass is 372 g/mol. The Morgan fingerprint density at radius 1 is 1.00 bits per heavy atom. The number of aliphatic hydroxyl groups is 1. The zero-order chi connectivity index (χ0) is 19.7. The molecule has 0 aromatic heterocycles. The minimum Gasteiger partial charge on any atom is -0.496 e. The van der Waals surface area contributed by atoms with Crippen molar-refractivity contribution in [3.63, 3.8) is 0 Å². The summed E-state index contributed by atoms with van der Waals surface area (Å²) >= 11 is 0. The number of benzene rings is 2. The van der Waals surface area contributed by atoms with Crippen molar-refractivity contribution in [1.29, 1.82) is 0 Å². The van der Waals surface area contributed by atoms with E-state index in [0.717, 1.165) is 12.2 Å². The highest BCUT2D eigenvalue weighted by atomic mass is 16.5. The molecule has 0 amide bonds. The summed E-state index contributed by atoms with van der Waals surface area (Å²) in [6.45, 7) is 6.38. The molecule has 0 bridgehead atoms. The van der Waals surface area contributed by atoms with E-state index in [1.165, 1.54) is 50.0 Å². The van der Waals surface area contributed by atoms with Crippen LogP contribution >= 0.6 is 0 Å². The predicted molar refractivity (Wildman–Crippen MR) is 114 cm³/mol. The maximum Gasteiger partial charge on any atom is 0.122 e. The van der Waals surface area contributed by atoms with Crippen molar-refractivity contribution in [2.45, 2.75) is 32.6 Å². The van der Waals surface area contributed by atoms with Crippen LogP contribution in [0.4, 0.5) is 0 Å². The van der Waals surface area contributed by atoms with E-state index in [2.05, 4.69) is 36.1 Å². The third kappa shape index (κ3) is 10.8. The number of rotatable bonds is 6. The number of methoxy groups -OCH3 is 1. The summed E-state index contributed by atoms with van der Waals surface area (Å²) in [5, 5.41) is 7.75. The number of likely N-dealkylation sites (tertiary alicyclic amines) is 1. The smallest absolute Gasteiger partial charge is 0.122 e. The Morgan fingerprint density at radius 3 is 2.11 bits per heavy atom. The molecule has 0 aliphatic carbocycles. The number of nitrogens with zero attached hydrogens (tertiary/aromatic N) is 1. The van der Waals surface area contributed by atoms with Crippen LogP contribution in [0.5, 0.6) is 5.75 Å². The summed E-state index contributed by atoms with van der Waals surface area (Å²) in [4.78, 5) is 2.56. The van der Waals surface area contributed by atoms with Crippen molar-refractivity contribution in [3.05, 3.63) is 65.7 Å². The number of aliphatic hydroxyl groups excluding tert-OH is 1. The van der Waals surface area contributed by atoms with Crippen LogP contribution in [0.2, 0.25) is 0 Å². The molecule has 2 aromatic rings. The molecule has 0 atom stereocenters. The molecule has 1 aliphatic heterocycles. The molecule has 4 heteroatoms. The summed E-state index contributed by atoms with van der Waals surface area (Å²) in [5.74, 6) is 1.03. The standard InChI is InChI=1S/C14H21NO.C7H8.C2H7NO/c1-16-14-9-3-2-7-13(14)8-6-12-15-10-4-5-11-15;1-7-5-3-2-4-6-7;3-1-2-4/h2-3,7,9H,4-6,8,10-12H2,1H3;2-6H,1H3;4H,1-3H2. The number of hydrogen-bond donors (Lipinski definition) is 2. The number of hydrogen-bond acceptors (Lipinski definition) is 4. The molecule has 0 saturated carbocycles. The lowest BCUT2D eigenvalue weighted by molar-refractivity contribution is 0.306. The summed E-state index contributed by atoms with van der Waals surface area (Å²) in [7, 11) is 1.75. The molecule has 0 radical (unpaired) electrons. The fourth-order valence-electron chi connectivity index (χ4n) is 2.94. The van der Waals surface area contributed by atoms with Crippen LogP contribution in [0, 0.1) is 6.92 Å². The molecule has 0 unspecified atom stereocenters. The molecular weight excluding hydrogens is 336 g/mol. The average Bonchev–Trinajstić information content (AvgIpc) is 3.23. The molecule has 150 valence electrons. The fourth-order valence-corrected chi connectivity index (χ4v) is 2.94. The molecule has 3 rings (SSSR count). The Morgan fingerprint density at radius 2 is 1.59 bits per heavy atom. The Balaban J connectivity index is 0.000000273.